The van der Waals surface area contributed by atoms with E-state index in [1.807, 2.05) is 17.1 Å². The molecule has 0 bridgehead atoms. The zero-order valence-corrected chi connectivity index (χ0v) is 10.9. The van der Waals surface area contributed by atoms with E-state index in [-0.39, 0.29) is 0 Å². The Morgan fingerprint density at radius 1 is 1.39 bits per heavy atom. The van der Waals surface area contributed by atoms with Crippen LogP contribution in [0, 0.1) is 6.92 Å². The molecule has 0 aliphatic rings. The lowest BCUT2D eigenvalue weighted by molar-refractivity contribution is 0.183. The number of methoxy groups -OCH3 is 1. The Hall–Kier alpha value is -1.81. The summed E-state index contributed by atoms with van der Waals surface area (Å²) in [7, 11) is 1.69. The van der Waals surface area contributed by atoms with Gasteiger partial charge in [0.2, 0.25) is 0 Å². The fraction of sp³-hybridized carbons (Fsp3) is 0.357. The first-order valence-electron chi connectivity index (χ1n) is 6.09. The van der Waals surface area contributed by atoms with E-state index in [0.29, 0.717) is 6.61 Å². The molecule has 0 unspecified atom stereocenters. The molecule has 1 aromatic carbocycles. The molecule has 0 atom stereocenters. The molecule has 0 saturated carbocycles. The molecule has 1 N–H and O–H groups in total. The van der Waals surface area contributed by atoms with E-state index in [2.05, 4.69) is 41.6 Å². The topological polar surface area (TPSA) is 39.1 Å². The summed E-state index contributed by atoms with van der Waals surface area (Å²) in [6.45, 7) is 4.38. The van der Waals surface area contributed by atoms with Crippen LogP contribution in [0.2, 0.25) is 0 Å². The van der Waals surface area contributed by atoms with Gasteiger partial charge in [-0.05, 0) is 12.5 Å². The van der Waals surface area contributed by atoms with Crippen molar-refractivity contribution in [3.05, 3.63) is 47.8 Å². The second kappa shape index (κ2) is 6.21. The van der Waals surface area contributed by atoms with Crippen molar-refractivity contribution in [2.24, 2.45) is 0 Å². The second-order valence-electron chi connectivity index (χ2n) is 4.33. The Labute approximate surface area is 108 Å². The van der Waals surface area contributed by atoms with Crippen molar-refractivity contribution in [2.75, 3.05) is 19.0 Å². The predicted molar refractivity (Wildman–Crippen MR) is 72.6 cm³/mol. The quantitative estimate of drug-likeness (QED) is 0.849. The van der Waals surface area contributed by atoms with Crippen LogP contribution in [0.5, 0.6) is 0 Å². The third-order valence-corrected chi connectivity index (χ3v) is 2.74. The van der Waals surface area contributed by atoms with Gasteiger partial charge in [-0.25, -0.2) is 0 Å². The minimum absolute atomic E-state index is 0.680. The zero-order valence-electron chi connectivity index (χ0n) is 10.9. The summed E-state index contributed by atoms with van der Waals surface area (Å²) in [5, 5.41) is 7.62. The maximum Gasteiger partial charge on any atom is 0.0729 e. The van der Waals surface area contributed by atoms with Gasteiger partial charge in [-0.2, -0.15) is 5.10 Å². The standard InChI is InChI=1S/C14H19N3O/c1-12-4-3-5-13(8-12)9-15-14-10-16-17(11-14)6-7-18-2/h3-5,8,10-11,15H,6-7,9H2,1-2H3. The molecular weight excluding hydrogens is 226 g/mol. The molecule has 96 valence electrons. The largest absolute Gasteiger partial charge is 0.383 e. The molecule has 2 aromatic rings. The first-order valence-corrected chi connectivity index (χ1v) is 6.09. The fourth-order valence-corrected chi connectivity index (χ4v) is 1.79. The van der Waals surface area contributed by atoms with E-state index in [4.69, 9.17) is 4.74 Å². The van der Waals surface area contributed by atoms with E-state index in [9.17, 15) is 0 Å². The third kappa shape index (κ3) is 3.60. The van der Waals surface area contributed by atoms with Crippen LogP contribution in [0.3, 0.4) is 0 Å². The lowest BCUT2D eigenvalue weighted by atomic mass is 10.1. The van der Waals surface area contributed by atoms with Crippen molar-refractivity contribution >= 4 is 5.69 Å². The average Bonchev–Trinajstić information content (AvgIpc) is 2.82. The van der Waals surface area contributed by atoms with Crippen molar-refractivity contribution in [1.29, 1.82) is 0 Å². The second-order valence-corrected chi connectivity index (χ2v) is 4.33. The molecule has 1 heterocycles. The maximum atomic E-state index is 5.02. The molecule has 4 heteroatoms. The summed E-state index contributed by atoms with van der Waals surface area (Å²) in [5.74, 6) is 0. The van der Waals surface area contributed by atoms with Gasteiger partial charge in [-0.15, -0.1) is 0 Å². The molecule has 0 radical (unpaired) electrons. The Bertz CT molecular complexity index is 493. The van der Waals surface area contributed by atoms with Gasteiger partial charge < -0.3 is 10.1 Å². The molecule has 0 saturated heterocycles. The van der Waals surface area contributed by atoms with E-state index < -0.39 is 0 Å². The predicted octanol–water partition coefficient (Wildman–Crippen LogP) is 2.45. The van der Waals surface area contributed by atoms with Crippen molar-refractivity contribution in [2.45, 2.75) is 20.0 Å². The minimum atomic E-state index is 0.680. The molecule has 18 heavy (non-hydrogen) atoms. The number of nitrogens with zero attached hydrogens (tertiary/aromatic N) is 2. The van der Waals surface area contributed by atoms with Crippen molar-refractivity contribution < 1.29 is 4.74 Å². The Balaban J connectivity index is 1.88. The van der Waals surface area contributed by atoms with Crippen LogP contribution in [0.4, 0.5) is 5.69 Å². The number of benzene rings is 1. The molecule has 0 amide bonds. The number of nitrogens with one attached hydrogen (secondary N) is 1. The van der Waals surface area contributed by atoms with Crippen LogP contribution in [0.1, 0.15) is 11.1 Å². The van der Waals surface area contributed by atoms with Crippen molar-refractivity contribution in [3.8, 4) is 0 Å². The van der Waals surface area contributed by atoms with Crippen molar-refractivity contribution in [3.63, 3.8) is 0 Å². The fourth-order valence-electron chi connectivity index (χ4n) is 1.79. The highest BCUT2D eigenvalue weighted by Gasteiger charge is 1.98. The highest BCUT2D eigenvalue weighted by molar-refractivity contribution is 5.39. The van der Waals surface area contributed by atoms with Crippen molar-refractivity contribution in [1.82, 2.24) is 9.78 Å². The van der Waals surface area contributed by atoms with E-state index in [0.717, 1.165) is 18.8 Å². The Morgan fingerprint density at radius 2 is 2.28 bits per heavy atom. The minimum Gasteiger partial charge on any atom is -0.383 e. The smallest absolute Gasteiger partial charge is 0.0729 e. The Kier molecular flexibility index (Phi) is 4.36. The number of anilines is 1. The van der Waals surface area contributed by atoms with E-state index in [1.165, 1.54) is 11.1 Å². The van der Waals surface area contributed by atoms with E-state index in [1.54, 1.807) is 7.11 Å². The van der Waals surface area contributed by atoms with Crippen LogP contribution >= 0.6 is 0 Å². The van der Waals surface area contributed by atoms with Gasteiger partial charge in [-0.1, -0.05) is 29.8 Å². The molecule has 0 aliphatic heterocycles. The van der Waals surface area contributed by atoms with Gasteiger partial charge in [0.1, 0.15) is 0 Å². The van der Waals surface area contributed by atoms with Gasteiger partial charge in [0.05, 0.1) is 25.0 Å². The average molecular weight is 245 g/mol. The number of hydrogen-bond donors (Lipinski definition) is 1. The highest BCUT2D eigenvalue weighted by atomic mass is 16.5. The molecular formula is C14H19N3O. The summed E-state index contributed by atoms with van der Waals surface area (Å²) in [6.07, 6.45) is 3.83. The van der Waals surface area contributed by atoms with Gasteiger partial charge in [0, 0.05) is 19.9 Å². The number of ether oxygens (including phenoxy) is 1. The Morgan fingerprint density at radius 3 is 3.06 bits per heavy atom. The highest BCUT2D eigenvalue weighted by Crippen LogP contribution is 2.09. The first-order chi connectivity index (χ1) is 8.78. The van der Waals surface area contributed by atoms with Gasteiger partial charge >= 0.3 is 0 Å². The summed E-state index contributed by atoms with van der Waals surface area (Å²) in [5.41, 5.74) is 3.59. The van der Waals surface area contributed by atoms with Crippen LogP contribution in [-0.4, -0.2) is 23.5 Å². The monoisotopic (exact) mass is 245 g/mol. The molecule has 0 spiro atoms. The number of rotatable bonds is 6. The first kappa shape index (κ1) is 12.6. The third-order valence-electron chi connectivity index (χ3n) is 2.74. The van der Waals surface area contributed by atoms with Gasteiger partial charge in [0.15, 0.2) is 0 Å². The molecule has 4 nitrogen and oxygen atoms in total. The van der Waals surface area contributed by atoms with E-state index >= 15 is 0 Å². The van der Waals surface area contributed by atoms with Gasteiger partial charge in [0.25, 0.3) is 0 Å². The molecule has 0 aliphatic carbocycles. The number of aromatic nitrogens is 2. The van der Waals surface area contributed by atoms with Crippen LogP contribution in [0.15, 0.2) is 36.7 Å². The summed E-state index contributed by atoms with van der Waals surface area (Å²) in [6, 6.07) is 8.48. The normalized spacial score (nSPS) is 10.6. The SMILES string of the molecule is COCCn1cc(NCc2cccc(C)c2)cn1. The maximum absolute atomic E-state index is 5.02. The molecule has 0 fully saturated rings. The summed E-state index contributed by atoms with van der Waals surface area (Å²) >= 11 is 0. The number of hydrogen-bond acceptors (Lipinski definition) is 3. The summed E-state index contributed by atoms with van der Waals surface area (Å²) < 4.78 is 6.89. The molecule has 1 aromatic heterocycles. The lowest BCUT2D eigenvalue weighted by Crippen LogP contribution is -2.04. The number of aryl methyl sites for hydroxylation is 1. The zero-order chi connectivity index (χ0) is 12.8. The van der Waals surface area contributed by atoms with Gasteiger partial charge in [-0.3, -0.25) is 4.68 Å². The summed E-state index contributed by atoms with van der Waals surface area (Å²) in [4.78, 5) is 0. The van der Waals surface area contributed by atoms with Crippen LogP contribution in [-0.2, 0) is 17.8 Å². The molecule has 2 rings (SSSR count). The lowest BCUT2D eigenvalue weighted by Gasteiger charge is -2.04. The van der Waals surface area contributed by atoms with Crippen LogP contribution in [0.25, 0.3) is 0 Å². The van der Waals surface area contributed by atoms with Crippen LogP contribution < -0.4 is 5.32 Å².